The third-order valence-electron chi connectivity index (χ3n) is 2.42. The summed E-state index contributed by atoms with van der Waals surface area (Å²) in [6, 6.07) is 0. The molecule has 0 saturated heterocycles. The lowest BCUT2D eigenvalue weighted by molar-refractivity contribution is 0.369. The van der Waals surface area contributed by atoms with Gasteiger partial charge in [0, 0.05) is 5.92 Å². The van der Waals surface area contributed by atoms with E-state index in [-0.39, 0.29) is 17.6 Å². The van der Waals surface area contributed by atoms with Gasteiger partial charge in [-0.2, -0.15) is 4.98 Å². The number of sulfone groups is 1. The van der Waals surface area contributed by atoms with Crippen molar-refractivity contribution in [2.45, 2.75) is 38.9 Å². The lowest BCUT2D eigenvalue weighted by atomic mass is 10.2. The molecule has 0 aliphatic rings. The van der Waals surface area contributed by atoms with Crippen molar-refractivity contribution in [1.82, 2.24) is 10.1 Å². The molecule has 0 amide bonds. The molecule has 1 rings (SSSR count). The van der Waals surface area contributed by atoms with E-state index in [1.54, 1.807) is 26.0 Å². The minimum Gasteiger partial charge on any atom is -0.338 e. The smallest absolute Gasteiger partial charge is 0.244 e. The summed E-state index contributed by atoms with van der Waals surface area (Å²) < 4.78 is 28.8. The number of hydrogen-bond acceptors (Lipinski definition) is 5. The molecule has 1 atom stereocenters. The zero-order valence-corrected chi connectivity index (χ0v) is 11.4. The lowest BCUT2D eigenvalue weighted by Crippen LogP contribution is -2.13. The zero-order chi connectivity index (χ0) is 13.1. The van der Waals surface area contributed by atoms with Crippen molar-refractivity contribution in [2.75, 3.05) is 5.75 Å². The van der Waals surface area contributed by atoms with Crippen LogP contribution in [-0.2, 0) is 9.84 Å². The van der Waals surface area contributed by atoms with E-state index in [2.05, 4.69) is 10.1 Å². The Morgan fingerprint density at radius 2 is 2.00 bits per heavy atom. The van der Waals surface area contributed by atoms with Crippen molar-refractivity contribution in [3.05, 3.63) is 23.9 Å². The summed E-state index contributed by atoms with van der Waals surface area (Å²) in [6.07, 6.45) is 3.31. The van der Waals surface area contributed by atoms with Crippen LogP contribution in [0.5, 0.6) is 0 Å². The van der Waals surface area contributed by atoms with Crippen molar-refractivity contribution >= 4 is 9.84 Å². The quantitative estimate of drug-likeness (QED) is 0.757. The summed E-state index contributed by atoms with van der Waals surface area (Å²) in [4.78, 5) is 4.10. The third kappa shape index (κ3) is 3.39. The maximum Gasteiger partial charge on any atom is 0.244 e. The number of aromatic nitrogens is 2. The molecular weight excluding hydrogens is 240 g/mol. The van der Waals surface area contributed by atoms with Crippen LogP contribution >= 0.6 is 0 Å². The summed E-state index contributed by atoms with van der Waals surface area (Å²) in [7, 11) is -3.27. The fraction of sp³-hybridized carbons (Fsp3) is 0.636. The Morgan fingerprint density at radius 3 is 2.47 bits per heavy atom. The summed E-state index contributed by atoms with van der Waals surface area (Å²) in [6.45, 7) is 7.20. The normalized spacial score (nSPS) is 14.6. The summed E-state index contributed by atoms with van der Waals surface area (Å²) in [5.74, 6) is 0.813. The average Bonchev–Trinajstić information content (AvgIpc) is 2.74. The molecule has 6 heteroatoms. The van der Waals surface area contributed by atoms with Crippen LogP contribution in [0, 0.1) is 0 Å². The fourth-order valence-electron chi connectivity index (χ4n) is 1.18. The topological polar surface area (TPSA) is 73.1 Å². The van der Waals surface area contributed by atoms with E-state index in [1.165, 1.54) is 0 Å². The number of allylic oxidation sites excluding steroid dienone is 1. The molecule has 0 N–H and O–H groups in total. The first-order valence-electron chi connectivity index (χ1n) is 5.54. The highest BCUT2D eigenvalue weighted by Gasteiger charge is 2.27. The molecule has 1 unspecified atom stereocenters. The molecule has 0 saturated carbocycles. The van der Waals surface area contributed by atoms with Crippen molar-refractivity contribution in [1.29, 1.82) is 0 Å². The van der Waals surface area contributed by atoms with Gasteiger partial charge in [0.1, 0.15) is 5.25 Å². The molecule has 1 aromatic rings. The lowest BCUT2D eigenvalue weighted by Gasteiger charge is -2.05. The van der Waals surface area contributed by atoms with Crippen LogP contribution in [0.25, 0.3) is 0 Å². The standard InChI is InChI=1S/C11H18N2O3S/c1-5-6-7-17(14,15)9(4)11-12-10(8(2)3)13-16-11/h5-6,8-9H,7H2,1-4H3/b6-5+. The van der Waals surface area contributed by atoms with Crippen LogP contribution in [0.15, 0.2) is 16.7 Å². The molecular formula is C11H18N2O3S. The second-order valence-electron chi connectivity index (χ2n) is 4.19. The van der Waals surface area contributed by atoms with Gasteiger partial charge in [-0.25, -0.2) is 8.42 Å². The largest absolute Gasteiger partial charge is 0.338 e. The van der Waals surface area contributed by atoms with Crippen LogP contribution in [0.3, 0.4) is 0 Å². The van der Waals surface area contributed by atoms with Gasteiger partial charge in [-0.05, 0) is 13.8 Å². The van der Waals surface area contributed by atoms with E-state index < -0.39 is 15.1 Å². The third-order valence-corrected chi connectivity index (χ3v) is 4.36. The Labute approximate surface area is 102 Å². The molecule has 0 fully saturated rings. The van der Waals surface area contributed by atoms with Gasteiger partial charge in [-0.3, -0.25) is 0 Å². The number of rotatable bonds is 5. The molecule has 5 nitrogen and oxygen atoms in total. The fourth-order valence-corrected chi connectivity index (χ4v) is 2.33. The second-order valence-corrected chi connectivity index (χ2v) is 6.55. The van der Waals surface area contributed by atoms with Crippen molar-refractivity contribution in [3.63, 3.8) is 0 Å². The van der Waals surface area contributed by atoms with Gasteiger partial charge in [0.15, 0.2) is 15.7 Å². The zero-order valence-electron chi connectivity index (χ0n) is 10.5. The minimum absolute atomic E-state index is 0.00986. The van der Waals surface area contributed by atoms with E-state index in [9.17, 15) is 8.42 Å². The van der Waals surface area contributed by atoms with Crippen LogP contribution in [-0.4, -0.2) is 24.3 Å². The van der Waals surface area contributed by atoms with E-state index in [1.807, 2.05) is 13.8 Å². The first kappa shape index (κ1) is 13.9. The van der Waals surface area contributed by atoms with Gasteiger partial charge in [0.25, 0.3) is 0 Å². The Bertz CT molecular complexity index is 489. The maximum absolute atomic E-state index is 11.9. The molecule has 0 bridgehead atoms. The predicted molar refractivity (Wildman–Crippen MR) is 65.4 cm³/mol. The van der Waals surface area contributed by atoms with Crippen molar-refractivity contribution in [3.8, 4) is 0 Å². The highest BCUT2D eigenvalue weighted by Crippen LogP contribution is 2.22. The summed E-state index contributed by atoms with van der Waals surface area (Å²) in [5.41, 5.74) is 0. The molecule has 96 valence electrons. The Balaban J connectivity index is 2.91. The molecule has 0 aromatic carbocycles. The monoisotopic (exact) mass is 258 g/mol. The Hall–Kier alpha value is -1.17. The van der Waals surface area contributed by atoms with E-state index in [0.717, 1.165) is 0 Å². The summed E-state index contributed by atoms with van der Waals surface area (Å²) in [5, 5.41) is 3.00. The Kier molecular flexibility index (Phi) is 4.45. The molecule has 0 radical (unpaired) electrons. The molecule has 0 spiro atoms. The molecule has 0 aliphatic heterocycles. The van der Waals surface area contributed by atoms with Gasteiger partial charge in [0.2, 0.25) is 5.89 Å². The van der Waals surface area contributed by atoms with Gasteiger partial charge >= 0.3 is 0 Å². The van der Waals surface area contributed by atoms with Crippen LogP contribution in [0.1, 0.15) is 50.6 Å². The highest BCUT2D eigenvalue weighted by atomic mass is 32.2. The van der Waals surface area contributed by atoms with E-state index >= 15 is 0 Å². The maximum atomic E-state index is 11.9. The van der Waals surface area contributed by atoms with Crippen LogP contribution in [0.2, 0.25) is 0 Å². The van der Waals surface area contributed by atoms with Gasteiger partial charge < -0.3 is 4.52 Å². The Morgan fingerprint density at radius 1 is 1.35 bits per heavy atom. The predicted octanol–water partition coefficient (Wildman–Crippen LogP) is 2.24. The number of hydrogen-bond donors (Lipinski definition) is 0. The molecule has 0 aliphatic carbocycles. The van der Waals surface area contributed by atoms with E-state index in [0.29, 0.717) is 5.82 Å². The summed E-state index contributed by atoms with van der Waals surface area (Å²) >= 11 is 0. The van der Waals surface area contributed by atoms with Crippen LogP contribution in [0.4, 0.5) is 0 Å². The second kappa shape index (κ2) is 5.44. The van der Waals surface area contributed by atoms with E-state index in [4.69, 9.17) is 4.52 Å². The molecule has 17 heavy (non-hydrogen) atoms. The minimum atomic E-state index is -3.27. The average molecular weight is 258 g/mol. The van der Waals surface area contributed by atoms with Gasteiger partial charge in [-0.1, -0.05) is 31.2 Å². The number of nitrogens with zero attached hydrogens (tertiary/aromatic N) is 2. The SMILES string of the molecule is C/C=C/CS(=O)(=O)C(C)c1nc(C(C)C)no1. The molecule has 1 aromatic heterocycles. The highest BCUT2D eigenvalue weighted by molar-refractivity contribution is 7.91. The first-order valence-corrected chi connectivity index (χ1v) is 7.26. The van der Waals surface area contributed by atoms with Crippen molar-refractivity contribution in [2.24, 2.45) is 0 Å². The van der Waals surface area contributed by atoms with Gasteiger partial charge in [-0.15, -0.1) is 0 Å². The van der Waals surface area contributed by atoms with Crippen molar-refractivity contribution < 1.29 is 12.9 Å². The molecule has 1 heterocycles. The van der Waals surface area contributed by atoms with Gasteiger partial charge in [0.05, 0.1) is 5.75 Å². The first-order chi connectivity index (χ1) is 7.88. The van der Waals surface area contributed by atoms with Crippen LogP contribution < -0.4 is 0 Å².